The molecule has 1 aromatic heterocycles. The highest BCUT2D eigenvalue weighted by atomic mass is 19.4. The summed E-state index contributed by atoms with van der Waals surface area (Å²) in [5, 5.41) is 8.95. The fraction of sp³-hybridized carbons (Fsp3) is 0.0769. The molecular formula is C13H7F4NO2. The van der Waals surface area contributed by atoms with Gasteiger partial charge in [0.25, 0.3) is 0 Å². The van der Waals surface area contributed by atoms with E-state index in [0.29, 0.717) is 6.07 Å². The molecule has 1 aromatic carbocycles. The average molecular weight is 285 g/mol. The van der Waals surface area contributed by atoms with E-state index < -0.39 is 29.1 Å². The Morgan fingerprint density at radius 3 is 2.50 bits per heavy atom. The van der Waals surface area contributed by atoms with Gasteiger partial charge in [-0.3, -0.25) is 4.98 Å². The molecule has 2 rings (SSSR count). The predicted molar refractivity (Wildman–Crippen MR) is 61.6 cm³/mol. The highest BCUT2D eigenvalue weighted by molar-refractivity contribution is 5.94. The van der Waals surface area contributed by atoms with E-state index in [1.807, 2.05) is 0 Å². The van der Waals surface area contributed by atoms with Crippen molar-refractivity contribution in [3.63, 3.8) is 0 Å². The van der Waals surface area contributed by atoms with Crippen molar-refractivity contribution in [1.29, 1.82) is 0 Å². The minimum Gasteiger partial charge on any atom is -0.478 e. The summed E-state index contributed by atoms with van der Waals surface area (Å²) in [4.78, 5) is 14.6. The molecule has 0 amide bonds. The lowest BCUT2D eigenvalue weighted by molar-refractivity contribution is -0.137. The Balaban J connectivity index is 2.60. The Hall–Kier alpha value is -2.44. The lowest BCUT2D eigenvalue weighted by Gasteiger charge is -2.10. The normalized spacial score (nSPS) is 11.4. The van der Waals surface area contributed by atoms with Gasteiger partial charge in [-0.1, -0.05) is 12.1 Å². The van der Waals surface area contributed by atoms with Gasteiger partial charge in [-0.05, 0) is 18.2 Å². The molecule has 3 nitrogen and oxygen atoms in total. The van der Waals surface area contributed by atoms with Crippen molar-refractivity contribution in [3.05, 3.63) is 53.5 Å². The number of alkyl halides is 3. The average Bonchev–Trinajstić information content (AvgIpc) is 2.37. The van der Waals surface area contributed by atoms with Crippen molar-refractivity contribution in [2.24, 2.45) is 0 Å². The number of halogens is 4. The molecule has 0 saturated heterocycles. The number of hydrogen-bond acceptors (Lipinski definition) is 2. The van der Waals surface area contributed by atoms with Gasteiger partial charge in [-0.25, -0.2) is 9.18 Å². The van der Waals surface area contributed by atoms with E-state index in [1.165, 1.54) is 6.07 Å². The van der Waals surface area contributed by atoms with Gasteiger partial charge >= 0.3 is 12.1 Å². The van der Waals surface area contributed by atoms with Gasteiger partial charge < -0.3 is 5.11 Å². The highest BCUT2D eigenvalue weighted by Gasteiger charge is 2.30. The topological polar surface area (TPSA) is 50.2 Å². The lowest BCUT2D eigenvalue weighted by atomic mass is 10.0. The van der Waals surface area contributed by atoms with Crippen LogP contribution in [0.25, 0.3) is 11.3 Å². The molecule has 20 heavy (non-hydrogen) atoms. The zero-order chi connectivity index (χ0) is 14.9. The van der Waals surface area contributed by atoms with Gasteiger partial charge in [0, 0.05) is 5.56 Å². The van der Waals surface area contributed by atoms with Crippen LogP contribution < -0.4 is 0 Å². The van der Waals surface area contributed by atoms with Crippen LogP contribution in [0.2, 0.25) is 0 Å². The highest BCUT2D eigenvalue weighted by Crippen LogP contribution is 2.32. The number of carboxylic acid groups (broad SMARTS) is 1. The smallest absolute Gasteiger partial charge is 0.416 e. The summed E-state index contributed by atoms with van der Waals surface area (Å²) < 4.78 is 50.8. The molecule has 0 aliphatic carbocycles. The maximum atomic E-state index is 13.0. The first kappa shape index (κ1) is 14.0. The third-order valence-electron chi connectivity index (χ3n) is 2.55. The SMILES string of the molecule is O=C(O)c1cc(F)cnc1-c1cccc(C(F)(F)F)c1. The second-order valence-corrected chi connectivity index (χ2v) is 3.93. The molecule has 1 heterocycles. The number of pyridine rings is 1. The van der Waals surface area contributed by atoms with Crippen molar-refractivity contribution in [2.45, 2.75) is 6.18 Å². The van der Waals surface area contributed by atoms with Crippen LogP contribution in [0.1, 0.15) is 15.9 Å². The quantitative estimate of drug-likeness (QED) is 0.858. The second-order valence-electron chi connectivity index (χ2n) is 3.93. The molecule has 0 spiro atoms. The monoisotopic (exact) mass is 285 g/mol. The van der Waals surface area contributed by atoms with E-state index in [2.05, 4.69) is 4.98 Å². The largest absolute Gasteiger partial charge is 0.478 e. The summed E-state index contributed by atoms with van der Waals surface area (Å²) in [6.45, 7) is 0. The fourth-order valence-electron chi connectivity index (χ4n) is 1.68. The van der Waals surface area contributed by atoms with Crippen molar-refractivity contribution < 1.29 is 27.5 Å². The summed E-state index contributed by atoms with van der Waals surface area (Å²) >= 11 is 0. The first-order valence-electron chi connectivity index (χ1n) is 5.35. The van der Waals surface area contributed by atoms with Crippen molar-refractivity contribution in [1.82, 2.24) is 4.98 Å². The van der Waals surface area contributed by atoms with Crippen molar-refractivity contribution in [3.8, 4) is 11.3 Å². The number of nitrogens with zero attached hydrogens (tertiary/aromatic N) is 1. The maximum absolute atomic E-state index is 13.0. The molecular weight excluding hydrogens is 278 g/mol. The Morgan fingerprint density at radius 2 is 1.90 bits per heavy atom. The molecule has 7 heteroatoms. The third-order valence-corrected chi connectivity index (χ3v) is 2.55. The summed E-state index contributed by atoms with van der Waals surface area (Å²) in [6.07, 6.45) is -3.80. The van der Waals surface area contributed by atoms with E-state index in [0.717, 1.165) is 24.4 Å². The standard InChI is InChI=1S/C13H7F4NO2/c14-9-5-10(12(19)20)11(18-6-9)7-2-1-3-8(4-7)13(15,16)17/h1-6H,(H,19,20). The number of benzene rings is 1. The molecule has 0 radical (unpaired) electrons. The number of aromatic nitrogens is 1. The van der Waals surface area contributed by atoms with E-state index in [4.69, 9.17) is 5.11 Å². The maximum Gasteiger partial charge on any atom is 0.416 e. The van der Waals surface area contributed by atoms with E-state index in [-0.39, 0.29) is 11.3 Å². The van der Waals surface area contributed by atoms with Crippen LogP contribution in [0.5, 0.6) is 0 Å². The number of carboxylic acids is 1. The fourth-order valence-corrected chi connectivity index (χ4v) is 1.68. The third kappa shape index (κ3) is 2.76. The Morgan fingerprint density at radius 1 is 1.20 bits per heavy atom. The lowest BCUT2D eigenvalue weighted by Crippen LogP contribution is -2.06. The summed E-state index contributed by atoms with van der Waals surface area (Å²) in [5.41, 5.74) is -1.69. The second kappa shape index (κ2) is 4.92. The molecule has 0 fully saturated rings. The number of hydrogen-bond donors (Lipinski definition) is 1. The first-order chi connectivity index (χ1) is 9.29. The molecule has 0 aliphatic rings. The van der Waals surface area contributed by atoms with E-state index in [1.54, 1.807) is 0 Å². The van der Waals surface area contributed by atoms with Crippen LogP contribution in [0, 0.1) is 5.82 Å². The van der Waals surface area contributed by atoms with Crippen LogP contribution in [0.4, 0.5) is 17.6 Å². The molecule has 2 aromatic rings. The molecule has 0 aliphatic heterocycles. The minimum atomic E-state index is -4.56. The molecule has 1 N–H and O–H groups in total. The Bertz CT molecular complexity index is 668. The van der Waals surface area contributed by atoms with Gasteiger partial charge in [0.15, 0.2) is 0 Å². The molecule has 0 bridgehead atoms. The van der Waals surface area contributed by atoms with Crippen LogP contribution in [-0.4, -0.2) is 16.1 Å². The van der Waals surface area contributed by atoms with Gasteiger partial charge in [0.1, 0.15) is 5.82 Å². The van der Waals surface area contributed by atoms with Gasteiger partial charge in [0.05, 0.1) is 23.0 Å². The summed E-state index contributed by atoms with van der Waals surface area (Å²) in [5.74, 6) is -2.34. The summed E-state index contributed by atoms with van der Waals surface area (Å²) in [7, 11) is 0. The van der Waals surface area contributed by atoms with Crippen LogP contribution >= 0.6 is 0 Å². The molecule has 0 saturated carbocycles. The van der Waals surface area contributed by atoms with Crippen LogP contribution in [-0.2, 0) is 6.18 Å². The molecule has 104 valence electrons. The Labute approximate surface area is 110 Å². The molecule has 0 atom stereocenters. The minimum absolute atomic E-state index is 0.0442. The number of carbonyl (C=O) groups is 1. The van der Waals surface area contributed by atoms with E-state index in [9.17, 15) is 22.4 Å². The molecule has 0 unspecified atom stereocenters. The van der Waals surface area contributed by atoms with Crippen LogP contribution in [0.3, 0.4) is 0 Å². The van der Waals surface area contributed by atoms with Gasteiger partial charge in [-0.15, -0.1) is 0 Å². The van der Waals surface area contributed by atoms with E-state index >= 15 is 0 Å². The number of aromatic carboxylic acids is 1. The number of rotatable bonds is 2. The zero-order valence-electron chi connectivity index (χ0n) is 9.78. The van der Waals surface area contributed by atoms with Gasteiger partial charge in [0.2, 0.25) is 0 Å². The van der Waals surface area contributed by atoms with Crippen LogP contribution in [0.15, 0.2) is 36.5 Å². The summed E-state index contributed by atoms with van der Waals surface area (Å²) in [6, 6.07) is 4.75. The zero-order valence-corrected chi connectivity index (χ0v) is 9.78. The first-order valence-corrected chi connectivity index (χ1v) is 5.35. The van der Waals surface area contributed by atoms with Crippen molar-refractivity contribution in [2.75, 3.05) is 0 Å². The Kier molecular flexibility index (Phi) is 3.44. The predicted octanol–water partition coefficient (Wildman–Crippen LogP) is 3.60. The van der Waals surface area contributed by atoms with Crippen molar-refractivity contribution >= 4 is 5.97 Å². The van der Waals surface area contributed by atoms with Gasteiger partial charge in [-0.2, -0.15) is 13.2 Å².